The molecule has 156 valence electrons. The highest BCUT2D eigenvalue weighted by Gasteiger charge is 2.15. The first-order valence-electron chi connectivity index (χ1n) is 9.03. The van der Waals surface area contributed by atoms with Crippen molar-refractivity contribution >= 4 is 27.5 Å². The molecule has 0 spiro atoms. The first kappa shape index (κ1) is 22.4. The summed E-state index contributed by atoms with van der Waals surface area (Å²) in [6, 6.07) is 14.0. The third kappa shape index (κ3) is 7.20. The van der Waals surface area contributed by atoms with Crippen LogP contribution in [-0.2, 0) is 26.2 Å². The standard InChI is InChI=1S/C20H26N4O4S/c1-15-4-10-18(11-5-15)29(27,28)23-14-20(26)22-13-19(25)21-12-16-6-8-17(9-7-16)24(2)3/h4-11,23H,12-14H2,1-3H3,(H,21,25)(H,22,26). The van der Waals surface area contributed by atoms with Gasteiger partial charge in [0.15, 0.2) is 0 Å². The number of benzene rings is 2. The molecule has 0 saturated carbocycles. The molecule has 0 saturated heterocycles. The zero-order chi connectivity index (χ0) is 21.4. The summed E-state index contributed by atoms with van der Waals surface area (Å²) in [6.07, 6.45) is 0. The highest BCUT2D eigenvalue weighted by atomic mass is 32.2. The molecule has 0 aliphatic heterocycles. The Hall–Kier alpha value is -2.91. The van der Waals surface area contributed by atoms with Crippen LogP contribution in [-0.4, -0.2) is 47.4 Å². The average Bonchev–Trinajstić information content (AvgIpc) is 2.70. The van der Waals surface area contributed by atoms with Crippen LogP contribution in [0.3, 0.4) is 0 Å². The van der Waals surface area contributed by atoms with Crippen LogP contribution >= 0.6 is 0 Å². The normalized spacial score (nSPS) is 11.0. The van der Waals surface area contributed by atoms with Gasteiger partial charge in [0.25, 0.3) is 0 Å². The lowest BCUT2D eigenvalue weighted by Gasteiger charge is -2.13. The number of hydrogen-bond acceptors (Lipinski definition) is 5. The smallest absolute Gasteiger partial charge is 0.241 e. The summed E-state index contributed by atoms with van der Waals surface area (Å²) < 4.78 is 26.5. The molecular weight excluding hydrogens is 392 g/mol. The lowest BCUT2D eigenvalue weighted by Crippen LogP contribution is -2.41. The maximum Gasteiger partial charge on any atom is 0.241 e. The van der Waals surface area contributed by atoms with Crippen molar-refractivity contribution in [2.45, 2.75) is 18.4 Å². The van der Waals surface area contributed by atoms with Gasteiger partial charge in [0.05, 0.1) is 18.0 Å². The van der Waals surface area contributed by atoms with Gasteiger partial charge < -0.3 is 15.5 Å². The molecule has 8 nitrogen and oxygen atoms in total. The van der Waals surface area contributed by atoms with E-state index in [1.807, 2.05) is 50.2 Å². The number of aryl methyl sites for hydroxylation is 1. The molecule has 0 heterocycles. The maximum absolute atomic E-state index is 12.1. The fourth-order valence-corrected chi connectivity index (χ4v) is 3.36. The molecule has 0 unspecified atom stereocenters. The third-order valence-electron chi connectivity index (χ3n) is 4.14. The number of nitrogens with zero attached hydrogens (tertiary/aromatic N) is 1. The quantitative estimate of drug-likeness (QED) is 0.558. The molecule has 0 aromatic heterocycles. The minimum atomic E-state index is -3.78. The third-order valence-corrected chi connectivity index (χ3v) is 5.56. The van der Waals surface area contributed by atoms with E-state index in [0.29, 0.717) is 6.54 Å². The van der Waals surface area contributed by atoms with Gasteiger partial charge in [-0.3, -0.25) is 9.59 Å². The highest BCUT2D eigenvalue weighted by molar-refractivity contribution is 7.89. The second kappa shape index (κ2) is 10.0. The minimum Gasteiger partial charge on any atom is -0.378 e. The molecule has 0 atom stereocenters. The zero-order valence-corrected chi connectivity index (χ0v) is 17.5. The van der Waals surface area contributed by atoms with Crippen LogP contribution in [0.2, 0.25) is 0 Å². The van der Waals surface area contributed by atoms with Crippen molar-refractivity contribution < 1.29 is 18.0 Å². The van der Waals surface area contributed by atoms with Crippen LogP contribution in [0, 0.1) is 6.92 Å². The van der Waals surface area contributed by atoms with E-state index in [0.717, 1.165) is 16.8 Å². The Morgan fingerprint density at radius 2 is 1.45 bits per heavy atom. The van der Waals surface area contributed by atoms with Crippen molar-refractivity contribution in [1.29, 1.82) is 0 Å². The van der Waals surface area contributed by atoms with Gasteiger partial charge in [0, 0.05) is 26.3 Å². The fourth-order valence-electron chi connectivity index (χ4n) is 2.38. The zero-order valence-electron chi connectivity index (χ0n) is 16.7. The Morgan fingerprint density at radius 3 is 2.03 bits per heavy atom. The largest absolute Gasteiger partial charge is 0.378 e. The van der Waals surface area contributed by atoms with Crippen LogP contribution in [0.4, 0.5) is 5.69 Å². The van der Waals surface area contributed by atoms with Gasteiger partial charge in [-0.05, 0) is 36.8 Å². The van der Waals surface area contributed by atoms with E-state index >= 15 is 0 Å². The molecule has 0 fully saturated rings. The van der Waals surface area contributed by atoms with Crippen LogP contribution in [0.25, 0.3) is 0 Å². The second-order valence-electron chi connectivity index (χ2n) is 6.75. The van der Waals surface area contributed by atoms with Gasteiger partial charge in [-0.2, -0.15) is 0 Å². The number of amides is 2. The summed E-state index contributed by atoms with van der Waals surface area (Å²) in [7, 11) is 0.108. The topological polar surface area (TPSA) is 108 Å². The van der Waals surface area contributed by atoms with Crippen LogP contribution in [0.15, 0.2) is 53.4 Å². The molecule has 9 heteroatoms. The van der Waals surface area contributed by atoms with Crippen LogP contribution in [0.1, 0.15) is 11.1 Å². The molecule has 0 bridgehead atoms. The summed E-state index contributed by atoms with van der Waals surface area (Å²) >= 11 is 0. The number of rotatable bonds is 9. The van der Waals surface area contributed by atoms with E-state index in [9.17, 15) is 18.0 Å². The molecular formula is C20H26N4O4S. The molecule has 3 N–H and O–H groups in total. The predicted molar refractivity (Wildman–Crippen MR) is 112 cm³/mol. The molecule has 2 rings (SSSR count). The summed E-state index contributed by atoms with van der Waals surface area (Å²) in [4.78, 5) is 25.8. The van der Waals surface area contributed by atoms with Gasteiger partial charge in [-0.1, -0.05) is 29.8 Å². The summed E-state index contributed by atoms with van der Waals surface area (Å²) in [5, 5.41) is 5.09. The van der Waals surface area contributed by atoms with E-state index < -0.39 is 22.5 Å². The van der Waals surface area contributed by atoms with Crippen LogP contribution < -0.4 is 20.3 Å². The van der Waals surface area contributed by atoms with Gasteiger partial charge >= 0.3 is 0 Å². The predicted octanol–water partition coefficient (Wildman–Crippen LogP) is 0.772. The first-order valence-corrected chi connectivity index (χ1v) is 10.5. The SMILES string of the molecule is Cc1ccc(S(=O)(=O)NCC(=O)NCC(=O)NCc2ccc(N(C)C)cc2)cc1. The van der Waals surface area contributed by atoms with Crippen molar-refractivity contribution in [3.63, 3.8) is 0 Å². The van der Waals surface area contributed by atoms with Crippen molar-refractivity contribution in [1.82, 2.24) is 15.4 Å². The lowest BCUT2D eigenvalue weighted by molar-refractivity contribution is -0.125. The van der Waals surface area contributed by atoms with Crippen molar-refractivity contribution in [2.24, 2.45) is 0 Å². The lowest BCUT2D eigenvalue weighted by atomic mass is 10.2. The van der Waals surface area contributed by atoms with Gasteiger partial charge in [-0.15, -0.1) is 0 Å². The minimum absolute atomic E-state index is 0.0777. The Morgan fingerprint density at radius 1 is 0.862 bits per heavy atom. The van der Waals surface area contributed by atoms with E-state index in [1.54, 1.807) is 12.1 Å². The van der Waals surface area contributed by atoms with Crippen LogP contribution in [0.5, 0.6) is 0 Å². The second-order valence-corrected chi connectivity index (χ2v) is 8.52. The molecule has 0 aliphatic rings. The van der Waals surface area contributed by atoms with Crippen molar-refractivity contribution in [2.75, 3.05) is 32.1 Å². The number of sulfonamides is 1. The van der Waals surface area contributed by atoms with E-state index in [2.05, 4.69) is 15.4 Å². The molecule has 2 amide bonds. The van der Waals surface area contributed by atoms with E-state index in [1.165, 1.54) is 12.1 Å². The Balaban J connectivity index is 1.72. The fraction of sp³-hybridized carbons (Fsp3) is 0.300. The van der Waals surface area contributed by atoms with E-state index in [-0.39, 0.29) is 17.3 Å². The summed E-state index contributed by atoms with van der Waals surface area (Å²) in [6.45, 7) is 1.50. The van der Waals surface area contributed by atoms with Gasteiger partial charge in [0.2, 0.25) is 21.8 Å². The number of nitrogens with one attached hydrogen (secondary N) is 3. The molecule has 0 radical (unpaired) electrons. The molecule has 0 aliphatic carbocycles. The Labute approximate surface area is 171 Å². The highest BCUT2D eigenvalue weighted by Crippen LogP contribution is 2.12. The number of hydrogen-bond donors (Lipinski definition) is 3. The average molecular weight is 419 g/mol. The number of carbonyl (C=O) groups excluding carboxylic acids is 2. The summed E-state index contributed by atoms with van der Waals surface area (Å²) in [5.41, 5.74) is 2.92. The van der Waals surface area contributed by atoms with E-state index in [4.69, 9.17) is 0 Å². The Bertz CT molecular complexity index is 939. The molecule has 2 aromatic rings. The number of anilines is 1. The first-order chi connectivity index (χ1) is 13.7. The van der Waals surface area contributed by atoms with Gasteiger partial charge in [-0.25, -0.2) is 13.1 Å². The molecule has 29 heavy (non-hydrogen) atoms. The van der Waals surface area contributed by atoms with Gasteiger partial charge in [0.1, 0.15) is 0 Å². The maximum atomic E-state index is 12.1. The monoisotopic (exact) mass is 418 g/mol. The molecule has 2 aromatic carbocycles. The van der Waals surface area contributed by atoms with Crippen molar-refractivity contribution in [3.8, 4) is 0 Å². The van der Waals surface area contributed by atoms with Crippen molar-refractivity contribution in [3.05, 3.63) is 59.7 Å². The summed E-state index contributed by atoms with van der Waals surface area (Å²) in [5.74, 6) is -0.956. The number of carbonyl (C=O) groups is 2. The Kier molecular flexibility index (Phi) is 7.74.